The van der Waals surface area contributed by atoms with Crippen LogP contribution in [0.15, 0.2) is 30.7 Å². The molecule has 0 aromatic carbocycles. The van der Waals surface area contributed by atoms with Gasteiger partial charge < -0.3 is 10.1 Å². The Morgan fingerprint density at radius 3 is 2.43 bits per heavy atom. The quantitative estimate of drug-likeness (QED) is 0.942. The van der Waals surface area contributed by atoms with Gasteiger partial charge in [0.15, 0.2) is 0 Å². The van der Waals surface area contributed by atoms with Gasteiger partial charge in [-0.25, -0.2) is 9.97 Å². The van der Waals surface area contributed by atoms with E-state index in [0.717, 1.165) is 25.4 Å². The molecule has 1 saturated heterocycles. The molecule has 21 heavy (non-hydrogen) atoms. The van der Waals surface area contributed by atoms with E-state index in [9.17, 15) is 13.2 Å². The highest BCUT2D eigenvalue weighted by Crippen LogP contribution is 2.31. The summed E-state index contributed by atoms with van der Waals surface area (Å²) in [6.45, 7) is 1.56. The Bertz CT molecular complexity index is 626. The number of nitrogens with zero attached hydrogens (tertiary/aromatic N) is 3. The minimum atomic E-state index is -4.46. The van der Waals surface area contributed by atoms with E-state index < -0.39 is 11.9 Å². The van der Waals surface area contributed by atoms with E-state index in [1.54, 1.807) is 6.20 Å². The minimum absolute atomic E-state index is 0.192. The molecule has 0 saturated carbocycles. The van der Waals surface area contributed by atoms with Crippen molar-refractivity contribution < 1.29 is 17.9 Å². The molecule has 0 spiro atoms. The Morgan fingerprint density at radius 2 is 1.86 bits per heavy atom. The lowest BCUT2D eigenvalue weighted by molar-refractivity contribution is -0.141. The van der Waals surface area contributed by atoms with Gasteiger partial charge >= 0.3 is 6.18 Å². The summed E-state index contributed by atoms with van der Waals surface area (Å²) in [6.07, 6.45) is -0.401. The molecule has 3 heterocycles. The molecule has 8 heteroatoms. The van der Waals surface area contributed by atoms with Crippen molar-refractivity contribution in [3.05, 3.63) is 42.1 Å². The maximum atomic E-state index is 12.4. The van der Waals surface area contributed by atoms with Gasteiger partial charge in [-0.3, -0.25) is 4.98 Å². The fourth-order valence-electron chi connectivity index (χ4n) is 1.90. The van der Waals surface area contributed by atoms with Crippen LogP contribution in [0.4, 0.5) is 13.2 Å². The number of aromatic nitrogens is 3. The first-order valence-electron chi connectivity index (χ1n) is 6.27. The maximum absolute atomic E-state index is 12.4. The largest absolute Gasteiger partial charge is 0.436 e. The number of ether oxygens (including phenoxy) is 1. The second kappa shape index (κ2) is 5.28. The average Bonchev–Trinajstić information content (AvgIpc) is 2.39. The molecule has 1 N–H and O–H groups in total. The van der Waals surface area contributed by atoms with Crippen LogP contribution in [-0.4, -0.2) is 28.0 Å². The topological polar surface area (TPSA) is 59.9 Å². The Labute approximate surface area is 118 Å². The summed E-state index contributed by atoms with van der Waals surface area (Å²) in [7, 11) is 0. The summed E-state index contributed by atoms with van der Waals surface area (Å²) in [6, 6.07) is 2.09. The molecule has 2 aromatic rings. The smallest absolute Gasteiger partial charge is 0.433 e. The molecule has 0 radical (unpaired) electrons. The number of hydrogen-bond donors (Lipinski definition) is 1. The number of rotatable bonds is 3. The summed E-state index contributed by atoms with van der Waals surface area (Å²) in [4.78, 5) is 11.7. The van der Waals surface area contributed by atoms with Gasteiger partial charge in [0, 0.05) is 31.4 Å². The predicted octanol–water partition coefficient (Wildman–Crippen LogP) is 2.37. The minimum Gasteiger partial charge on any atom is -0.436 e. The summed E-state index contributed by atoms with van der Waals surface area (Å²) in [5.41, 5.74) is -0.270. The summed E-state index contributed by atoms with van der Waals surface area (Å²) in [5.74, 6) is 0.693. The number of halogens is 3. The Morgan fingerprint density at radius 1 is 1.10 bits per heavy atom. The van der Waals surface area contributed by atoms with Gasteiger partial charge in [0.1, 0.15) is 17.1 Å². The van der Waals surface area contributed by atoms with E-state index >= 15 is 0 Å². The van der Waals surface area contributed by atoms with Gasteiger partial charge in [-0.2, -0.15) is 13.2 Å². The number of pyridine rings is 1. The van der Waals surface area contributed by atoms with Gasteiger partial charge in [-0.15, -0.1) is 0 Å². The number of nitrogens with one attached hydrogen (secondary N) is 1. The van der Waals surface area contributed by atoms with Gasteiger partial charge in [0.25, 0.3) is 0 Å². The van der Waals surface area contributed by atoms with Gasteiger partial charge in [0.2, 0.25) is 5.88 Å². The molecule has 1 fully saturated rings. The standard InChI is InChI=1S/C13H11F3N4O/c14-13(15,16)10-2-1-9(7-20-10)21-12-11(8-5-17-6-8)18-3-4-19-12/h1-4,7-8,17H,5-6H2. The number of hydrogen-bond acceptors (Lipinski definition) is 5. The van der Waals surface area contributed by atoms with Crippen molar-refractivity contribution in [3.63, 3.8) is 0 Å². The van der Waals surface area contributed by atoms with Crippen molar-refractivity contribution in [1.29, 1.82) is 0 Å². The average molecular weight is 296 g/mol. The van der Waals surface area contributed by atoms with Crippen molar-refractivity contribution >= 4 is 0 Å². The van der Waals surface area contributed by atoms with Crippen LogP contribution in [0.5, 0.6) is 11.6 Å². The monoisotopic (exact) mass is 296 g/mol. The molecule has 0 aliphatic carbocycles. The van der Waals surface area contributed by atoms with Crippen LogP contribution in [-0.2, 0) is 6.18 Å². The lowest BCUT2D eigenvalue weighted by Gasteiger charge is -2.27. The Balaban J connectivity index is 1.80. The molecule has 1 aliphatic rings. The molecule has 0 atom stereocenters. The highest BCUT2D eigenvalue weighted by atomic mass is 19.4. The van der Waals surface area contributed by atoms with E-state index in [1.807, 2.05) is 0 Å². The third-order valence-electron chi connectivity index (χ3n) is 3.10. The molecule has 2 aromatic heterocycles. The van der Waals surface area contributed by atoms with Crippen molar-refractivity contribution in [1.82, 2.24) is 20.3 Å². The highest BCUT2D eigenvalue weighted by molar-refractivity contribution is 5.31. The molecule has 110 valence electrons. The summed E-state index contributed by atoms with van der Waals surface area (Å²) in [5, 5.41) is 3.11. The molecule has 3 rings (SSSR count). The molecule has 5 nitrogen and oxygen atoms in total. The Hall–Kier alpha value is -2.22. The molecular formula is C13H11F3N4O. The van der Waals surface area contributed by atoms with E-state index in [2.05, 4.69) is 20.3 Å². The third-order valence-corrected chi connectivity index (χ3v) is 3.10. The molecule has 0 amide bonds. The lowest BCUT2D eigenvalue weighted by atomic mass is 9.99. The van der Waals surface area contributed by atoms with Gasteiger partial charge in [-0.1, -0.05) is 0 Å². The summed E-state index contributed by atoms with van der Waals surface area (Å²) < 4.78 is 42.8. The van der Waals surface area contributed by atoms with E-state index in [0.29, 0.717) is 11.6 Å². The van der Waals surface area contributed by atoms with Crippen LogP contribution >= 0.6 is 0 Å². The molecule has 0 bridgehead atoms. The van der Waals surface area contributed by atoms with Crippen molar-refractivity contribution in [3.8, 4) is 11.6 Å². The zero-order valence-electron chi connectivity index (χ0n) is 10.8. The normalized spacial score (nSPS) is 15.6. The van der Waals surface area contributed by atoms with E-state index in [-0.39, 0.29) is 11.7 Å². The van der Waals surface area contributed by atoms with Crippen LogP contribution < -0.4 is 10.1 Å². The van der Waals surface area contributed by atoms with Crippen LogP contribution in [0.3, 0.4) is 0 Å². The first kappa shape index (κ1) is 13.7. The first-order valence-corrected chi connectivity index (χ1v) is 6.27. The molecule has 0 unspecified atom stereocenters. The third kappa shape index (κ3) is 2.94. The van der Waals surface area contributed by atoms with Gasteiger partial charge in [-0.05, 0) is 12.1 Å². The maximum Gasteiger partial charge on any atom is 0.433 e. The predicted molar refractivity (Wildman–Crippen MR) is 67.0 cm³/mol. The van der Waals surface area contributed by atoms with Crippen LogP contribution in [0.2, 0.25) is 0 Å². The lowest BCUT2D eigenvalue weighted by Crippen LogP contribution is -2.40. The van der Waals surface area contributed by atoms with Crippen LogP contribution in [0.25, 0.3) is 0 Å². The van der Waals surface area contributed by atoms with Crippen LogP contribution in [0.1, 0.15) is 17.3 Å². The van der Waals surface area contributed by atoms with Gasteiger partial charge in [0.05, 0.1) is 6.20 Å². The van der Waals surface area contributed by atoms with Crippen molar-refractivity contribution in [2.24, 2.45) is 0 Å². The first-order chi connectivity index (χ1) is 10.0. The summed E-state index contributed by atoms with van der Waals surface area (Å²) >= 11 is 0. The van der Waals surface area contributed by atoms with Crippen molar-refractivity contribution in [2.75, 3.05) is 13.1 Å². The molecular weight excluding hydrogens is 285 g/mol. The molecule has 1 aliphatic heterocycles. The second-order valence-corrected chi connectivity index (χ2v) is 4.58. The van der Waals surface area contributed by atoms with E-state index in [4.69, 9.17) is 4.74 Å². The zero-order chi connectivity index (χ0) is 14.9. The Kier molecular flexibility index (Phi) is 3.46. The second-order valence-electron chi connectivity index (χ2n) is 4.58. The van der Waals surface area contributed by atoms with E-state index in [1.165, 1.54) is 12.3 Å². The SMILES string of the molecule is FC(F)(F)c1ccc(Oc2nccnc2C2CNC2)cn1. The number of alkyl halides is 3. The fourth-order valence-corrected chi connectivity index (χ4v) is 1.90. The van der Waals surface area contributed by atoms with Crippen molar-refractivity contribution in [2.45, 2.75) is 12.1 Å². The fraction of sp³-hybridized carbons (Fsp3) is 0.308. The van der Waals surface area contributed by atoms with Crippen LogP contribution in [0, 0.1) is 0 Å². The highest BCUT2D eigenvalue weighted by Gasteiger charge is 2.32. The zero-order valence-corrected chi connectivity index (χ0v) is 10.8.